The number of hydrogen-bond donors (Lipinski definition) is 1. The molecule has 0 radical (unpaired) electrons. The maximum absolute atomic E-state index is 10.9. The van der Waals surface area contributed by atoms with Gasteiger partial charge in [-0.3, -0.25) is 4.79 Å². The Morgan fingerprint density at radius 1 is 1.05 bits per heavy atom. The zero-order valence-corrected chi connectivity index (χ0v) is 13.5. The lowest BCUT2D eigenvalue weighted by Crippen LogP contribution is -2.39. The van der Waals surface area contributed by atoms with E-state index in [1.54, 1.807) is 0 Å². The van der Waals surface area contributed by atoms with Crippen molar-refractivity contribution in [1.29, 1.82) is 0 Å². The van der Waals surface area contributed by atoms with Gasteiger partial charge in [-0.15, -0.1) is 12.4 Å². The van der Waals surface area contributed by atoms with E-state index in [4.69, 9.17) is 5.11 Å². The predicted octanol–water partition coefficient (Wildman–Crippen LogP) is 3.81. The lowest BCUT2D eigenvalue weighted by Gasteiger charge is -2.35. The van der Waals surface area contributed by atoms with E-state index in [2.05, 4.69) is 11.8 Å². The number of nitrogens with zero attached hydrogens (tertiary/aromatic N) is 1. The van der Waals surface area contributed by atoms with Gasteiger partial charge in [0.25, 0.3) is 0 Å². The Hall–Kier alpha value is -0.280. The third-order valence-corrected chi connectivity index (χ3v) is 5.12. The molecule has 0 spiro atoms. The molecular formula is C16H30ClNO2. The summed E-state index contributed by atoms with van der Waals surface area (Å²) in [6.07, 6.45) is 10.1. The molecule has 4 heteroatoms. The van der Waals surface area contributed by atoms with E-state index in [9.17, 15) is 4.79 Å². The molecule has 1 aliphatic heterocycles. The number of rotatable bonds is 5. The monoisotopic (exact) mass is 303 g/mol. The molecule has 1 heterocycles. The second-order valence-corrected chi connectivity index (χ2v) is 6.59. The molecule has 2 fully saturated rings. The van der Waals surface area contributed by atoms with E-state index in [0.717, 1.165) is 37.8 Å². The number of carboxylic acids is 1. The molecule has 0 aromatic carbocycles. The summed E-state index contributed by atoms with van der Waals surface area (Å²) in [6, 6.07) is 0. The largest absolute Gasteiger partial charge is 0.481 e. The minimum absolute atomic E-state index is 0. The lowest BCUT2D eigenvalue weighted by atomic mass is 9.79. The van der Waals surface area contributed by atoms with Crippen LogP contribution in [0.4, 0.5) is 0 Å². The second kappa shape index (κ2) is 8.89. The molecule has 0 aromatic heterocycles. The molecule has 1 saturated carbocycles. The Morgan fingerprint density at radius 2 is 1.60 bits per heavy atom. The fraction of sp³-hybridized carbons (Fsp3) is 0.938. The Morgan fingerprint density at radius 3 is 2.10 bits per heavy atom. The number of piperidine rings is 1. The van der Waals surface area contributed by atoms with Crippen LogP contribution in [-0.2, 0) is 4.79 Å². The third kappa shape index (κ3) is 5.25. The normalized spacial score (nSPS) is 28.9. The van der Waals surface area contributed by atoms with Crippen molar-refractivity contribution in [2.45, 2.75) is 58.3 Å². The summed E-state index contributed by atoms with van der Waals surface area (Å²) in [5.41, 5.74) is 0. The Kier molecular flexibility index (Phi) is 7.90. The van der Waals surface area contributed by atoms with Gasteiger partial charge in [-0.25, -0.2) is 0 Å². The highest BCUT2D eigenvalue weighted by molar-refractivity contribution is 5.85. The lowest BCUT2D eigenvalue weighted by molar-refractivity contribution is -0.143. The van der Waals surface area contributed by atoms with Crippen LogP contribution < -0.4 is 0 Å². The number of likely N-dealkylation sites (tertiary alicyclic amines) is 1. The third-order valence-electron chi connectivity index (χ3n) is 5.12. The summed E-state index contributed by atoms with van der Waals surface area (Å²) in [5, 5.41) is 9.01. The van der Waals surface area contributed by atoms with Gasteiger partial charge in [0.2, 0.25) is 0 Å². The molecular weight excluding hydrogens is 274 g/mol. The smallest absolute Gasteiger partial charge is 0.306 e. The van der Waals surface area contributed by atoms with Crippen LogP contribution in [0.1, 0.15) is 58.3 Å². The quantitative estimate of drug-likeness (QED) is 0.839. The molecule has 0 amide bonds. The molecule has 2 aliphatic rings. The second-order valence-electron chi connectivity index (χ2n) is 6.59. The molecule has 2 rings (SSSR count). The van der Waals surface area contributed by atoms with E-state index in [1.165, 1.54) is 45.1 Å². The van der Waals surface area contributed by atoms with Gasteiger partial charge in [0, 0.05) is 6.54 Å². The summed E-state index contributed by atoms with van der Waals surface area (Å²) in [7, 11) is 0. The zero-order chi connectivity index (χ0) is 13.7. The first kappa shape index (κ1) is 17.8. The number of aliphatic carboxylic acids is 1. The van der Waals surface area contributed by atoms with Crippen LogP contribution in [0.15, 0.2) is 0 Å². The van der Waals surface area contributed by atoms with Crippen LogP contribution >= 0.6 is 12.4 Å². The summed E-state index contributed by atoms with van der Waals surface area (Å²) in [5.74, 6) is 1.17. The average Bonchev–Trinajstić information content (AvgIpc) is 2.42. The Labute approximate surface area is 129 Å². The average molecular weight is 304 g/mol. The summed E-state index contributed by atoms with van der Waals surface area (Å²) >= 11 is 0. The van der Waals surface area contributed by atoms with Gasteiger partial charge in [0.05, 0.1) is 5.92 Å². The van der Waals surface area contributed by atoms with Crippen molar-refractivity contribution in [2.24, 2.45) is 17.8 Å². The van der Waals surface area contributed by atoms with Crippen LogP contribution in [0.5, 0.6) is 0 Å². The Balaban J connectivity index is 0.00000200. The van der Waals surface area contributed by atoms with Gasteiger partial charge in [-0.2, -0.15) is 0 Å². The summed E-state index contributed by atoms with van der Waals surface area (Å²) in [4.78, 5) is 13.4. The highest BCUT2D eigenvalue weighted by atomic mass is 35.5. The van der Waals surface area contributed by atoms with Crippen molar-refractivity contribution in [3.63, 3.8) is 0 Å². The Bertz CT molecular complexity index is 282. The van der Waals surface area contributed by atoms with Crippen LogP contribution in [0.25, 0.3) is 0 Å². The van der Waals surface area contributed by atoms with Gasteiger partial charge in [-0.05, 0) is 50.6 Å². The van der Waals surface area contributed by atoms with Crippen molar-refractivity contribution < 1.29 is 9.90 Å². The molecule has 1 aliphatic carbocycles. The van der Waals surface area contributed by atoms with Gasteiger partial charge in [0.15, 0.2) is 0 Å². The van der Waals surface area contributed by atoms with E-state index in [1.807, 2.05) is 0 Å². The number of carboxylic acid groups (broad SMARTS) is 1. The SMILES string of the molecule is CCCC1CCC(CN2CCC(C(=O)O)CC2)CC1.Cl. The van der Waals surface area contributed by atoms with Crippen LogP contribution in [-0.4, -0.2) is 35.6 Å². The first-order valence-corrected chi connectivity index (χ1v) is 8.14. The molecule has 20 heavy (non-hydrogen) atoms. The standard InChI is InChI=1S/C16H29NO2.ClH/c1-2-3-13-4-6-14(7-5-13)12-17-10-8-15(9-11-17)16(18)19;/h13-15H,2-12H2,1H3,(H,18,19);1H. The number of hydrogen-bond acceptors (Lipinski definition) is 2. The van der Waals surface area contributed by atoms with Crippen LogP contribution in [0, 0.1) is 17.8 Å². The summed E-state index contributed by atoms with van der Waals surface area (Å²) < 4.78 is 0. The van der Waals surface area contributed by atoms with Crippen molar-refractivity contribution in [1.82, 2.24) is 4.90 Å². The zero-order valence-electron chi connectivity index (χ0n) is 12.7. The van der Waals surface area contributed by atoms with Crippen molar-refractivity contribution in [3.05, 3.63) is 0 Å². The first-order chi connectivity index (χ1) is 9.19. The molecule has 0 aromatic rings. The molecule has 0 bridgehead atoms. The highest BCUT2D eigenvalue weighted by Crippen LogP contribution is 2.32. The topological polar surface area (TPSA) is 40.5 Å². The van der Waals surface area contributed by atoms with E-state index >= 15 is 0 Å². The van der Waals surface area contributed by atoms with Gasteiger partial charge >= 0.3 is 5.97 Å². The molecule has 0 unspecified atom stereocenters. The van der Waals surface area contributed by atoms with Gasteiger partial charge < -0.3 is 10.0 Å². The fourth-order valence-corrected chi connectivity index (χ4v) is 3.84. The fourth-order valence-electron chi connectivity index (χ4n) is 3.84. The van der Waals surface area contributed by atoms with Crippen LogP contribution in [0.2, 0.25) is 0 Å². The minimum atomic E-state index is -0.597. The molecule has 1 N–H and O–H groups in total. The highest BCUT2D eigenvalue weighted by Gasteiger charge is 2.27. The number of halogens is 1. The van der Waals surface area contributed by atoms with E-state index in [0.29, 0.717) is 0 Å². The van der Waals surface area contributed by atoms with E-state index < -0.39 is 5.97 Å². The van der Waals surface area contributed by atoms with Crippen molar-refractivity contribution >= 4 is 18.4 Å². The van der Waals surface area contributed by atoms with Crippen LogP contribution in [0.3, 0.4) is 0 Å². The van der Waals surface area contributed by atoms with Crippen molar-refractivity contribution in [3.8, 4) is 0 Å². The maximum Gasteiger partial charge on any atom is 0.306 e. The maximum atomic E-state index is 10.9. The predicted molar refractivity (Wildman–Crippen MR) is 84.4 cm³/mol. The molecule has 1 saturated heterocycles. The summed E-state index contributed by atoms with van der Waals surface area (Å²) in [6.45, 7) is 5.49. The first-order valence-electron chi connectivity index (χ1n) is 8.14. The van der Waals surface area contributed by atoms with E-state index in [-0.39, 0.29) is 18.3 Å². The van der Waals surface area contributed by atoms with Gasteiger partial charge in [-0.1, -0.05) is 32.6 Å². The number of carbonyl (C=O) groups is 1. The molecule has 3 nitrogen and oxygen atoms in total. The minimum Gasteiger partial charge on any atom is -0.481 e. The molecule has 0 atom stereocenters. The van der Waals surface area contributed by atoms with Crippen molar-refractivity contribution in [2.75, 3.05) is 19.6 Å². The molecule has 118 valence electrons. The van der Waals surface area contributed by atoms with Gasteiger partial charge in [0.1, 0.15) is 0 Å².